The Morgan fingerprint density at radius 3 is 3.22 bits per heavy atom. The maximum Gasteiger partial charge on any atom is 0.240 e. The van der Waals surface area contributed by atoms with Crippen molar-refractivity contribution in [3.8, 4) is 0 Å². The first kappa shape index (κ1) is 13.0. The first-order valence-corrected chi connectivity index (χ1v) is 6.14. The van der Waals surface area contributed by atoms with Gasteiger partial charge in [0.05, 0.1) is 19.3 Å². The maximum atomic E-state index is 12.0. The Kier molecular flexibility index (Phi) is 4.27. The standard InChI is InChI=1S/C11H19N5O2/c1-8(5-16-7-12-6-14-16)15-11(17)10-9(2)18-4-3-13-10/h6-10,13H,3-5H2,1-2H3,(H,15,17)/t8?,9-,10+/m1/s1. The molecule has 1 amide bonds. The summed E-state index contributed by atoms with van der Waals surface area (Å²) in [4.78, 5) is 15.9. The van der Waals surface area contributed by atoms with E-state index in [1.54, 1.807) is 11.0 Å². The number of hydrogen-bond acceptors (Lipinski definition) is 5. The molecule has 2 heterocycles. The zero-order chi connectivity index (χ0) is 13.0. The number of morpholine rings is 1. The lowest BCUT2D eigenvalue weighted by Gasteiger charge is -2.30. The molecular weight excluding hydrogens is 234 g/mol. The summed E-state index contributed by atoms with van der Waals surface area (Å²) in [6.07, 6.45) is 3.01. The van der Waals surface area contributed by atoms with E-state index in [1.165, 1.54) is 6.33 Å². The molecule has 1 unspecified atom stereocenters. The summed E-state index contributed by atoms with van der Waals surface area (Å²) in [6, 6.07) is -0.285. The van der Waals surface area contributed by atoms with Crippen molar-refractivity contribution < 1.29 is 9.53 Å². The number of ether oxygens (including phenoxy) is 1. The van der Waals surface area contributed by atoms with Crippen molar-refractivity contribution in [1.29, 1.82) is 0 Å². The van der Waals surface area contributed by atoms with Gasteiger partial charge in [-0.2, -0.15) is 5.10 Å². The van der Waals surface area contributed by atoms with E-state index in [1.807, 2.05) is 13.8 Å². The van der Waals surface area contributed by atoms with Crippen LogP contribution in [0.15, 0.2) is 12.7 Å². The van der Waals surface area contributed by atoms with Crippen LogP contribution in [0.5, 0.6) is 0 Å². The summed E-state index contributed by atoms with van der Waals surface area (Å²) in [5, 5.41) is 10.1. The third kappa shape index (κ3) is 3.27. The van der Waals surface area contributed by atoms with Crippen LogP contribution < -0.4 is 10.6 Å². The van der Waals surface area contributed by atoms with Gasteiger partial charge in [0.15, 0.2) is 0 Å². The number of nitrogens with zero attached hydrogens (tertiary/aromatic N) is 3. The fraction of sp³-hybridized carbons (Fsp3) is 0.727. The molecule has 1 saturated heterocycles. The van der Waals surface area contributed by atoms with Gasteiger partial charge in [-0.05, 0) is 13.8 Å². The van der Waals surface area contributed by atoms with Crippen molar-refractivity contribution in [2.75, 3.05) is 13.2 Å². The first-order chi connectivity index (χ1) is 8.66. The van der Waals surface area contributed by atoms with Gasteiger partial charge in [-0.15, -0.1) is 0 Å². The summed E-state index contributed by atoms with van der Waals surface area (Å²) < 4.78 is 7.14. The third-order valence-corrected chi connectivity index (χ3v) is 2.92. The van der Waals surface area contributed by atoms with Crippen molar-refractivity contribution in [3.63, 3.8) is 0 Å². The van der Waals surface area contributed by atoms with Gasteiger partial charge in [0.2, 0.25) is 5.91 Å². The van der Waals surface area contributed by atoms with Gasteiger partial charge in [0.25, 0.3) is 0 Å². The second-order valence-electron chi connectivity index (χ2n) is 4.53. The van der Waals surface area contributed by atoms with E-state index in [0.717, 1.165) is 0 Å². The number of nitrogens with one attached hydrogen (secondary N) is 2. The van der Waals surface area contributed by atoms with Crippen LogP contribution in [0.1, 0.15) is 13.8 Å². The largest absolute Gasteiger partial charge is 0.375 e. The minimum Gasteiger partial charge on any atom is -0.375 e. The number of hydrogen-bond donors (Lipinski definition) is 2. The molecule has 1 aliphatic heterocycles. The molecule has 1 aromatic heterocycles. The number of amides is 1. The summed E-state index contributed by atoms with van der Waals surface area (Å²) in [7, 11) is 0. The minimum absolute atomic E-state index is 0.00451. The van der Waals surface area contributed by atoms with Crippen LogP contribution in [0.2, 0.25) is 0 Å². The number of rotatable bonds is 4. The van der Waals surface area contributed by atoms with Crippen LogP contribution in [0.25, 0.3) is 0 Å². The molecule has 3 atom stereocenters. The molecule has 100 valence electrons. The second-order valence-corrected chi connectivity index (χ2v) is 4.53. The predicted octanol–water partition coefficient (Wildman–Crippen LogP) is -0.840. The predicted molar refractivity (Wildman–Crippen MR) is 64.8 cm³/mol. The lowest BCUT2D eigenvalue weighted by atomic mass is 10.1. The highest BCUT2D eigenvalue weighted by molar-refractivity contribution is 5.82. The highest BCUT2D eigenvalue weighted by Gasteiger charge is 2.28. The number of aromatic nitrogens is 3. The Morgan fingerprint density at radius 2 is 2.56 bits per heavy atom. The van der Waals surface area contributed by atoms with Crippen molar-refractivity contribution in [2.45, 2.75) is 38.6 Å². The molecule has 2 N–H and O–H groups in total. The molecule has 1 aromatic rings. The SMILES string of the molecule is CC(Cn1cncn1)NC(=O)[C@H]1NCCO[C@@H]1C. The first-order valence-electron chi connectivity index (χ1n) is 6.14. The van der Waals surface area contributed by atoms with E-state index in [9.17, 15) is 4.79 Å². The monoisotopic (exact) mass is 253 g/mol. The molecular formula is C11H19N5O2. The quantitative estimate of drug-likeness (QED) is 0.731. The van der Waals surface area contributed by atoms with Crippen molar-refractivity contribution >= 4 is 5.91 Å². The van der Waals surface area contributed by atoms with E-state index in [0.29, 0.717) is 19.7 Å². The molecule has 0 aliphatic carbocycles. The topological polar surface area (TPSA) is 81.1 Å². The highest BCUT2D eigenvalue weighted by Crippen LogP contribution is 2.04. The van der Waals surface area contributed by atoms with Crippen LogP contribution in [0.4, 0.5) is 0 Å². The van der Waals surface area contributed by atoms with Crippen molar-refractivity contribution in [1.82, 2.24) is 25.4 Å². The fourth-order valence-electron chi connectivity index (χ4n) is 2.01. The van der Waals surface area contributed by atoms with Crippen LogP contribution in [-0.2, 0) is 16.1 Å². The smallest absolute Gasteiger partial charge is 0.240 e. The Labute approximate surface area is 106 Å². The summed E-state index contributed by atoms with van der Waals surface area (Å²) in [6.45, 7) is 5.81. The van der Waals surface area contributed by atoms with Crippen LogP contribution in [0, 0.1) is 0 Å². The lowest BCUT2D eigenvalue weighted by molar-refractivity contribution is -0.129. The zero-order valence-electron chi connectivity index (χ0n) is 10.7. The fourth-order valence-corrected chi connectivity index (χ4v) is 2.01. The van der Waals surface area contributed by atoms with Crippen molar-refractivity contribution in [2.24, 2.45) is 0 Å². The Morgan fingerprint density at radius 1 is 1.72 bits per heavy atom. The van der Waals surface area contributed by atoms with Gasteiger partial charge in [0.1, 0.15) is 18.7 Å². The van der Waals surface area contributed by atoms with Crippen LogP contribution in [-0.4, -0.2) is 52.0 Å². The molecule has 7 nitrogen and oxygen atoms in total. The van der Waals surface area contributed by atoms with Crippen LogP contribution >= 0.6 is 0 Å². The maximum absolute atomic E-state index is 12.0. The molecule has 0 bridgehead atoms. The van der Waals surface area contributed by atoms with Gasteiger partial charge in [-0.1, -0.05) is 0 Å². The van der Waals surface area contributed by atoms with Gasteiger partial charge in [0, 0.05) is 12.6 Å². The van der Waals surface area contributed by atoms with E-state index in [-0.39, 0.29) is 24.1 Å². The lowest BCUT2D eigenvalue weighted by Crippen LogP contribution is -2.57. The van der Waals surface area contributed by atoms with Gasteiger partial charge in [-0.3, -0.25) is 9.48 Å². The van der Waals surface area contributed by atoms with Crippen molar-refractivity contribution in [3.05, 3.63) is 12.7 Å². The molecule has 0 spiro atoms. The molecule has 7 heteroatoms. The Bertz CT molecular complexity index is 381. The Balaban J connectivity index is 1.82. The van der Waals surface area contributed by atoms with E-state index >= 15 is 0 Å². The molecule has 2 rings (SSSR count). The molecule has 18 heavy (non-hydrogen) atoms. The summed E-state index contributed by atoms with van der Waals surface area (Å²) >= 11 is 0. The van der Waals surface area contributed by atoms with Gasteiger partial charge < -0.3 is 15.4 Å². The molecule has 0 saturated carbocycles. The summed E-state index contributed by atoms with van der Waals surface area (Å²) in [5.41, 5.74) is 0. The van der Waals surface area contributed by atoms with E-state index in [2.05, 4.69) is 20.7 Å². The van der Waals surface area contributed by atoms with Gasteiger partial charge in [-0.25, -0.2) is 4.98 Å². The molecule has 0 radical (unpaired) electrons. The van der Waals surface area contributed by atoms with Gasteiger partial charge >= 0.3 is 0 Å². The normalized spacial score (nSPS) is 25.7. The average Bonchev–Trinajstić information content (AvgIpc) is 2.82. The van der Waals surface area contributed by atoms with Crippen LogP contribution in [0.3, 0.4) is 0 Å². The number of carbonyl (C=O) groups is 1. The zero-order valence-corrected chi connectivity index (χ0v) is 10.7. The average molecular weight is 253 g/mol. The minimum atomic E-state index is -0.281. The molecule has 0 aromatic carbocycles. The third-order valence-electron chi connectivity index (χ3n) is 2.92. The second kappa shape index (κ2) is 5.92. The highest BCUT2D eigenvalue weighted by atomic mass is 16.5. The molecule has 1 aliphatic rings. The Hall–Kier alpha value is -1.47. The number of carbonyl (C=O) groups excluding carboxylic acids is 1. The summed E-state index contributed by atoms with van der Waals surface area (Å²) in [5.74, 6) is -0.0326. The van der Waals surface area contributed by atoms with E-state index < -0.39 is 0 Å². The van der Waals surface area contributed by atoms with E-state index in [4.69, 9.17) is 4.74 Å². The molecule has 1 fully saturated rings.